The predicted molar refractivity (Wildman–Crippen MR) is 115 cm³/mol. The van der Waals surface area contributed by atoms with Gasteiger partial charge in [-0.15, -0.1) is 0 Å². The van der Waals surface area contributed by atoms with Gasteiger partial charge in [0.15, 0.2) is 0 Å². The topological polar surface area (TPSA) is 42.3 Å². The first kappa shape index (κ1) is 18.6. The Kier molecular flexibility index (Phi) is 4.87. The molecular weight excluding hydrogens is 392 g/mol. The summed E-state index contributed by atoms with van der Waals surface area (Å²) in [6, 6.07) is 16.7. The average molecular weight is 409 g/mol. The molecule has 0 bridgehead atoms. The lowest BCUT2D eigenvalue weighted by molar-refractivity contribution is -0.113. The van der Waals surface area contributed by atoms with Gasteiger partial charge >= 0.3 is 0 Å². The van der Waals surface area contributed by atoms with E-state index in [2.05, 4.69) is 32.0 Å². The summed E-state index contributed by atoms with van der Waals surface area (Å²) in [4.78, 5) is 26.9. The highest BCUT2D eigenvalue weighted by molar-refractivity contribution is 8.19. The number of aryl methyl sites for hydroxylation is 2. The summed E-state index contributed by atoms with van der Waals surface area (Å²) in [6.45, 7) is 4.11. The summed E-state index contributed by atoms with van der Waals surface area (Å²) in [5.74, 6) is -0.328. The number of rotatable bonds is 3. The standard InChI is InChI=1S/C22H17ClN2O2S/c1-14-5-10-19(15(2)12-14)24-11-3-4-18(24)13-20-21(26)25(22(27)28-20)17-8-6-16(23)7-9-17/h3-13H,1-2H3/b20-13+. The van der Waals surface area contributed by atoms with Gasteiger partial charge in [-0.3, -0.25) is 9.59 Å². The van der Waals surface area contributed by atoms with E-state index in [0.717, 1.165) is 28.7 Å². The van der Waals surface area contributed by atoms with Crippen LogP contribution in [-0.2, 0) is 4.79 Å². The van der Waals surface area contributed by atoms with Crippen LogP contribution in [0.5, 0.6) is 0 Å². The Bertz CT molecular complexity index is 1120. The molecule has 0 unspecified atom stereocenters. The Morgan fingerprint density at radius 2 is 1.75 bits per heavy atom. The molecule has 0 radical (unpaired) electrons. The number of thioether (sulfide) groups is 1. The van der Waals surface area contributed by atoms with Crippen LogP contribution in [0.2, 0.25) is 5.02 Å². The molecule has 4 nitrogen and oxygen atoms in total. The van der Waals surface area contributed by atoms with Gasteiger partial charge in [-0.2, -0.15) is 0 Å². The molecule has 0 N–H and O–H groups in total. The molecule has 4 rings (SSSR count). The molecule has 0 atom stereocenters. The summed E-state index contributed by atoms with van der Waals surface area (Å²) in [5, 5.41) is 0.237. The van der Waals surface area contributed by atoms with Gasteiger partial charge in [0.2, 0.25) is 0 Å². The van der Waals surface area contributed by atoms with Crippen molar-refractivity contribution in [2.45, 2.75) is 13.8 Å². The van der Waals surface area contributed by atoms with Gasteiger partial charge in [-0.1, -0.05) is 29.3 Å². The van der Waals surface area contributed by atoms with Crippen molar-refractivity contribution in [2.75, 3.05) is 4.90 Å². The lowest BCUT2D eigenvalue weighted by Crippen LogP contribution is -2.27. The fourth-order valence-electron chi connectivity index (χ4n) is 3.22. The van der Waals surface area contributed by atoms with E-state index in [1.165, 1.54) is 10.5 Å². The normalized spacial score (nSPS) is 15.7. The van der Waals surface area contributed by atoms with E-state index < -0.39 is 0 Å². The van der Waals surface area contributed by atoms with Crippen molar-refractivity contribution in [3.63, 3.8) is 0 Å². The Hall–Kier alpha value is -2.76. The molecule has 0 spiro atoms. The van der Waals surface area contributed by atoms with E-state index in [1.54, 1.807) is 30.3 Å². The second kappa shape index (κ2) is 7.34. The Morgan fingerprint density at radius 1 is 1.00 bits per heavy atom. The molecular formula is C22H17ClN2O2S. The van der Waals surface area contributed by atoms with Crippen LogP contribution in [0.25, 0.3) is 11.8 Å². The molecule has 28 heavy (non-hydrogen) atoms. The zero-order valence-electron chi connectivity index (χ0n) is 15.3. The number of nitrogens with zero attached hydrogens (tertiary/aromatic N) is 2. The average Bonchev–Trinajstić information content (AvgIpc) is 3.21. The van der Waals surface area contributed by atoms with Gasteiger partial charge in [0.1, 0.15) is 0 Å². The molecule has 1 fully saturated rings. The predicted octanol–water partition coefficient (Wildman–Crippen LogP) is 5.99. The first-order valence-electron chi connectivity index (χ1n) is 8.72. The summed E-state index contributed by atoms with van der Waals surface area (Å²) >= 11 is 6.85. The number of imide groups is 1. The summed E-state index contributed by atoms with van der Waals surface area (Å²) in [6.07, 6.45) is 3.72. The number of hydrogen-bond donors (Lipinski definition) is 0. The molecule has 140 valence electrons. The monoisotopic (exact) mass is 408 g/mol. The van der Waals surface area contributed by atoms with Crippen LogP contribution in [0.3, 0.4) is 0 Å². The largest absolute Gasteiger partial charge is 0.317 e. The van der Waals surface area contributed by atoms with Crippen LogP contribution in [-0.4, -0.2) is 15.7 Å². The summed E-state index contributed by atoms with van der Waals surface area (Å²) in [7, 11) is 0. The van der Waals surface area contributed by atoms with Crippen LogP contribution in [0.4, 0.5) is 10.5 Å². The molecule has 1 aliphatic heterocycles. The Balaban J connectivity index is 1.69. The fourth-order valence-corrected chi connectivity index (χ4v) is 4.17. The molecule has 2 aromatic carbocycles. The minimum Gasteiger partial charge on any atom is -0.317 e. The van der Waals surface area contributed by atoms with E-state index >= 15 is 0 Å². The summed E-state index contributed by atoms with van der Waals surface area (Å²) in [5.41, 5.74) is 4.73. The minimum absolute atomic E-state index is 0.316. The van der Waals surface area contributed by atoms with Crippen LogP contribution < -0.4 is 4.90 Å². The highest BCUT2D eigenvalue weighted by Crippen LogP contribution is 2.36. The Morgan fingerprint density at radius 3 is 2.46 bits per heavy atom. The summed E-state index contributed by atoms with van der Waals surface area (Å²) < 4.78 is 2.02. The molecule has 0 aliphatic carbocycles. The van der Waals surface area contributed by atoms with Crippen molar-refractivity contribution in [1.82, 2.24) is 4.57 Å². The molecule has 0 saturated carbocycles. The van der Waals surface area contributed by atoms with Crippen molar-refractivity contribution in [3.8, 4) is 5.69 Å². The third kappa shape index (κ3) is 3.39. The zero-order chi connectivity index (χ0) is 19.8. The van der Waals surface area contributed by atoms with Crippen LogP contribution in [0.1, 0.15) is 16.8 Å². The first-order valence-corrected chi connectivity index (χ1v) is 9.92. The SMILES string of the molecule is Cc1ccc(-n2cccc2/C=C2/SC(=O)N(c3ccc(Cl)cc3)C2=O)c(C)c1. The maximum absolute atomic E-state index is 12.9. The number of aromatic nitrogens is 1. The van der Waals surface area contributed by atoms with Gasteiger partial charge in [0.25, 0.3) is 11.1 Å². The quantitative estimate of drug-likeness (QED) is 0.500. The lowest BCUT2D eigenvalue weighted by atomic mass is 10.1. The number of carbonyl (C=O) groups is 2. The number of amides is 2. The third-order valence-electron chi connectivity index (χ3n) is 4.55. The van der Waals surface area contributed by atoms with E-state index in [9.17, 15) is 9.59 Å². The van der Waals surface area contributed by atoms with E-state index in [4.69, 9.17) is 11.6 Å². The second-order valence-electron chi connectivity index (χ2n) is 6.59. The number of anilines is 1. The Labute approximate surface area is 172 Å². The van der Waals surface area contributed by atoms with Crippen LogP contribution >= 0.6 is 23.4 Å². The highest BCUT2D eigenvalue weighted by Gasteiger charge is 2.36. The van der Waals surface area contributed by atoms with Crippen LogP contribution in [0, 0.1) is 13.8 Å². The van der Waals surface area contributed by atoms with E-state index in [-0.39, 0.29) is 11.1 Å². The molecule has 6 heteroatoms. The number of benzene rings is 2. The molecule has 1 aromatic heterocycles. The lowest BCUT2D eigenvalue weighted by Gasteiger charge is -2.12. The van der Waals surface area contributed by atoms with Gasteiger partial charge in [0, 0.05) is 22.6 Å². The maximum Gasteiger partial charge on any atom is 0.298 e. The van der Waals surface area contributed by atoms with Crippen molar-refractivity contribution < 1.29 is 9.59 Å². The van der Waals surface area contributed by atoms with E-state index in [1.807, 2.05) is 22.9 Å². The van der Waals surface area contributed by atoms with Crippen molar-refractivity contribution in [3.05, 3.63) is 87.5 Å². The van der Waals surface area contributed by atoms with Gasteiger partial charge in [0.05, 0.1) is 10.6 Å². The minimum atomic E-state index is -0.328. The molecule has 2 heterocycles. The van der Waals surface area contributed by atoms with Gasteiger partial charge in [-0.05, 0) is 79.7 Å². The van der Waals surface area contributed by atoms with Gasteiger partial charge in [-0.25, -0.2) is 4.90 Å². The second-order valence-corrected chi connectivity index (χ2v) is 8.02. The number of carbonyl (C=O) groups excluding carboxylic acids is 2. The molecule has 1 aliphatic rings. The number of halogens is 1. The van der Waals surface area contributed by atoms with Crippen molar-refractivity contribution >= 4 is 46.3 Å². The highest BCUT2D eigenvalue weighted by atomic mass is 35.5. The van der Waals surface area contributed by atoms with Crippen molar-refractivity contribution in [1.29, 1.82) is 0 Å². The fraction of sp³-hybridized carbons (Fsp3) is 0.0909. The molecule has 1 saturated heterocycles. The van der Waals surface area contributed by atoms with Crippen LogP contribution in [0.15, 0.2) is 65.7 Å². The number of hydrogen-bond acceptors (Lipinski definition) is 3. The molecule has 3 aromatic rings. The molecule has 2 amide bonds. The third-order valence-corrected chi connectivity index (χ3v) is 5.67. The van der Waals surface area contributed by atoms with E-state index in [0.29, 0.717) is 15.6 Å². The zero-order valence-corrected chi connectivity index (χ0v) is 16.9. The van der Waals surface area contributed by atoms with Crippen molar-refractivity contribution in [2.24, 2.45) is 0 Å². The smallest absolute Gasteiger partial charge is 0.298 e. The first-order chi connectivity index (χ1) is 13.4. The van der Waals surface area contributed by atoms with Gasteiger partial charge < -0.3 is 4.57 Å². The maximum atomic E-state index is 12.9.